The molecule has 1 amide bonds. The summed E-state index contributed by atoms with van der Waals surface area (Å²) in [7, 11) is 0. The Hall–Kier alpha value is -3.43. The summed E-state index contributed by atoms with van der Waals surface area (Å²) in [6.07, 6.45) is 3.51. The number of amides is 1. The van der Waals surface area contributed by atoms with Gasteiger partial charge in [0, 0.05) is 31.4 Å². The van der Waals surface area contributed by atoms with Crippen molar-refractivity contribution in [1.82, 2.24) is 30.2 Å². The third-order valence-electron chi connectivity index (χ3n) is 4.22. The number of hydrogen-bond donors (Lipinski definition) is 1. The molecule has 0 saturated carbocycles. The van der Waals surface area contributed by atoms with Gasteiger partial charge in [0.05, 0.1) is 6.54 Å². The molecule has 29 heavy (non-hydrogen) atoms. The molecule has 1 atom stereocenters. The van der Waals surface area contributed by atoms with E-state index < -0.39 is 5.60 Å². The van der Waals surface area contributed by atoms with Crippen molar-refractivity contribution in [3.63, 3.8) is 0 Å². The zero-order valence-electron chi connectivity index (χ0n) is 16.5. The zero-order valence-corrected chi connectivity index (χ0v) is 16.5. The number of ether oxygens (including phenoxy) is 2. The van der Waals surface area contributed by atoms with E-state index in [1.165, 1.54) is 0 Å². The molecule has 1 aliphatic rings. The van der Waals surface area contributed by atoms with E-state index in [1.54, 1.807) is 35.5 Å². The summed E-state index contributed by atoms with van der Waals surface area (Å²) < 4.78 is 16.7. The molecule has 10 heteroatoms. The van der Waals surface area contributed by atoms with E-state index in [4.69, 9.17) is 14.0 Å². The molecule has 3 aromatic heterocycles. The van der Waals surface area contributed by atoms with Crippen LogP contribution >= 0.6 is 0 Å². The molecule has 4 rings (SSSR count). The highest BCUT2D eigenvalue weighted by molar-refractivity contribution is 5.68. The van der Waals surface area contributed by atoms with Crippen LogP contribution in [0.4, 0.5) is 4.79 Å². The molecule has 1 aliphatic heterocycles. The van der Waals surface area contributed by atoms with E-state index in [2.05, 4.69) is 25.3 Å². The molecule has 3 aromatic rings. The SMILES string of the molecule is CC(C)(C)OC(=O)N1CC[C@H](Oc2ccnc(-c3noc(-c4ccn[nH]4)n3)c2)C1. The molecule has 0 aromatic carbocycles. The van der Waals surface area contributed by atoms with Crippen LogP contribution in [0.2, 0.25) is 0 Å². The molecular formula is C19H22N6O4. The van der Waals surface area contributed by atoms with E-state index in [0.29, 0.717) is 41.9 Å². The Morgan fingerprint density at radius 1 is 1.31 bits per heavy atom. The summed E-state index contributed by atoms with van der Waals surface area (Å²) in [5, 5.41) is 10.6. The van der Waals surface area contributed by atoms with E-state index in [9.17, 15) is 4.79 Å². The van der Waals surface area contributed by atoms with Crippen molar-refractivity contribution in [3.8, 4) is 28.9 Å². The molecule has 152 valence electrons. The van der Waals surface area contributed by atoms with Gasteiger partial charge < -0.3 is 18.9 Å². The van der Waals surface area contributed by atoms with Gasteiger partial charge in [0.15, 0.2) is 0 Å². The van der Waals surface area contributed by atoms with Crippen LogP contribution in [0.15, 0.2) is 35.1 Å². The second kappa shape index (κ2) is 7.53. The lowest BCUT2D eigenvalue weighted by atomic mass is 10.2. The second-order valence-electron chi connectivity index (χ2n) is 7.73. The predicted octanol–water partition coefficient (Wildman–Crippen LogP) is 2.91. The van der Waals surface area contributed by atoms with Gasteiger partial charge in [-0.25, -0.2) is 4.79 Å². The van der Waals surface area contributed by atoms with Crippen LogP contribution in [-0.2, 0) is 4.74 Å². The van der Waals surface area contributed by atoms with Crippen LogP contribution in [0.25, 0.3) is 23.1 Å². The van der Waals surface area contributed by atoms with Gasteiger partial charge in [-0.1, -0.05) is 5.16 Å². The molecule has 1 fully saturated rings. The molecule has 10 nitrogen and oxygen atoms in total. The molecule has 1 N–H and O–H groups in total. The standard InChI is InChI=1S/C19H22N6O4/c1-19(2,3)28-18(26)25-9-6-13(11-25)27-12-4-7-20-15(10-12)16-22-17(29-24-16)14-5-8-21-23-14/h4-5,7-8,10,13H,6,9,11H2,1-3H3,(H,21,23)/t13-/m0/s1. The summed E-state index contributed by atoms with van der Waals surface area (Å²) in [6.45, 7) is 6.62. The highest BCUT2D eigenvalue weighted by Crippen LogP contribution is 2.24. The number of nitrogens with zero attached hydrogens (tertiary/aromatic N) is 5. The fraction of sp³-hybridized carbons (Fsp3) is 0.421. The molecule has 0 spiro atoms. The Morgan fingerprint density at radius 3 is 2.93 bits per heavy atom. The van der Waals surface area contributed by atoms with Gasteiger partial charge in [-0.05, 0) is 32.9 Å². The summed E-state index contributed by atoms with van der Waals surface area (Å²) in [4.78, 5) is 22.5. The minimum atomic E-state index is -0.518. The molecular weight excluding hydrogens is 376 g/mol. The smallest absolute Gasteiger partial charge is 0.410 e. The lowest BCUT2D eigenvalue weighted by Gasteiger charge is -2.24. The summed E-state index contributed by atoms with van der Waals surface area (Å²) >= 11 is 0. The van der Waals surface area contributed by atoms with E-state index in [1.807, 2.05) is 20.8 Å². The second-order valence-corrected chi connectivity index (χ2v) is 7.73. The van der Waals surface area contributed by atoms with Crippen LogP contribution in [0, 0.1) is 0 Å². The third-order valence-corrected chi connectivity index (χ3v) is 4.22. The largest absolute Gasteiger partial charge is 0.488 e. The number of nitrogens with one attached hydrogen (secondary N) is 1. The maximum atomic E-state index is 12.2. The van der Waals surface area contributed by atoms with Crippen LogP contribution in [-0.4, -0.2) is 61.1 Å². The van der Waals surface area contributed by atoms with Crippen molar-refractivity contribution in [2.24, 2.45) is 0 Å². The highest BCUT2D eigenvalue weighted by Gasteiger charge is 2.31. The van der Waals surface area contributed by atoms with Crippen molar-refractivity contribution in [3.05, 3.63) is 30.6 Å². The first-order chi connectivity index (χ1) is 13.9. The fourth-order valence-corrected chi connectivity index (χ4v) is 2.93. The van der Waals surface area contributed by atoms with Crippen LogP contribution in [0.5, 0.6) is 5.75 Å². The normalized spacial score (nSPS) is 16.8. The summed E-state index contributed by atoms with van der Waals surface area (Å²) in [5.74, 6) is 1.30. The molecule has 0 radical (unpaired) electrons. The number of H-pyrrole nitrogens is 1. The van der Waals surface area contributed by atoms with Crippen molar-refractivity contribution in [2.45, 2.75) is 38.9 Å². The van der Waals surface area contributed by atoms with Gasteiger partial charge in [0.25, 0.3) is 5.89 Å². The first-order valence-corrected chi connectivity index (χ1v) is 9.32. The van der Waals surface area contributed by atoms with Gasteiger partial charge in [0.1, 0.15) is 28.8 Å². The Morgan fingerprint density at radius 2 is 2.17 bits per heavy atom. The van der Waals surface area contributed by atoms with Crippen LogP contribution < -0.4 is 4.74 Å². The predicted molar refractivity (Wildman–Crippen MR) is 102 cm³/mol. The number of carbonyl (C=O) groups is 1. The number of aromatic amines is 1. The fourth-order valence-electron chi connectivity index (χ4n) is 2.93. The average Bonchev–Trinajstić information content (AvgIpc) is 3.41. The number of rotatable bonds is 4. The Bertz CT molecular complexity index is 979. The number of likely N-dealkylation sites (tertiary alicyclic amines) is 1. The van der Waals surface area contributed by atoms with Gasteiger partial charge in [0.2, 0.25) is 5.82 Å². The lowest BCUT2D eigenvalue weighted by molar-refractivity contribution is 0.0275. The van der Waals surface area contributed by atoms with Crippen molar-refractivity contribution in [2.75, 3.05) is 13.1 Å². The van der Waals surface area contributed by atoms with Crippen LogP contribution in [0.3, 0.4) is 0 Å². The van der Waals surface area contributed by atoms with Crippen molar-refractivity contribution < 1.29 is 18.8 Å². The third kappa shape index (κ3) is 4.53. The monoisotopic (exact) mass is 398 g/mol. The van der Waals surface area contributed by atoms with Gasteiger partial charge in [-0.15, -0.1) is 0 Å². The van der Waals surface area contributed by atoms with Gasteiger partial charge in [-0.2, -0.15) is 10.1 Å². The summed E-state index contributed by atoms with van der Waals surface area (Å²) in [6, 6.07) is 5.24. The number of pyridine rings is 1. The molecule has 4 heterocycles. The van der Waals surface area contributed by atoms with Crippen LogP contribution in [0.1, 0.15) is 27.2 Å². The first kappa shape index (κ1) is 18.9. The van der Waals surface area contributed by atoms with E-state index in [-0.39, 0.29) is 12.2 Å². The first-order valence-electron chi connectivity index (χ1n) is 9.32. The van der Waals surface area contributed by atoms with Crippen molar-refractivity contribution in [1.29, 1.82) is 0 Å². The quantitative estimate of drug-likeness (QED) is 0.712. The maximum absolute atomic E-state index is 12.2. The Kier molecular flexibility index (Phi) is 4.91. The highest BCUT2D eigenvalue weighted by atomic mass is 16.6. The van der Waals surface area contributed by atoms with Gasteiger partial charge >= 0.3 is 6.09 Å². The summed E-state index contributed by atoms with van der Waals surface area (Å²) in [5.41, 5.74) is 0.638. The van der Waals surface area contributed by atoms with E-state index >= 15 is 0 Å². The molecule has 0 unspecified atom stereocenters. The Balaban J connectivity index is 1.40. The average molecular weight is 398 g/mol. The number of aromatic nitrogens is 5. The van der Waals surface area contributed by atoms with Crippen molar-refractivity contribution >= 4 is 6.09 Å². The van der Waals surface area contributed by atoms with Gasteiger partial charge in [-0.3, -0.25) is 10.1 Å². The lowest BCUT2D eigenvalue weighted by Crippen LogP contribution is -2.36. The number of carbonyl (C=O) groups excluding carboxylic acids is 1. The zero-order chi connectivity index (χ0) is 20.4. The minimum absolute atomic E-state index is 0.122. The molecule has 1 saturated heterocycles. The Labute approximate surface area is 167 Å². The minimum Gasteiger partial charge on any atom is -0.488 e. The van der Waals surface area contributed by atoms with E-state index in [0.717, 1.165) is 6.42 Å². The number of hydrogen-bond acceptors (Lipinski definition) is 8. The molecule has 0 aliphatic carbocycles. The maximum Gasteiger partial charge on any atom is 0.410 e. The topological polar surface area (TPSA) is 119 Å². The molecule has 0 bridgehead atoms.